The van der Waals surface area contributed by atoms with E-state index in [2.05, 4.69) is 10.3 Å². The quantitative estimate of drug-likeness (QED) is 0.881. The summed E-state index contributed by atoms with van der Waals surface area (Å²) >= 11 is 0. The minimum Gasteiger partial charge on any atom is -0.461 e. The first-order valence-corrected chi connectivity index (χ1v) is 6.80. The third-order valence-corrected chi connectivity index (χ3v) is 2.91. The molecular formula is C15H19N3O3. The number of pyridine rings is 1. The van der Waals surface area contributed by atoms with Gasteiger partial charge in [-0.15, -0.1) is 0 Å². The maximum Gasteiger partial charge on any atom is 0.360 e. The van der Waals surface area contributed by atoms with Gasteiger partial charge in [0.25, 0.3) is 0 Å². The van der Waals surface area contributed by atoms with Crippen LogP contribution < -0.4 is 5.32 Å². The van der Waals surface area contributed by atoms with Gasteiger partial charge in [-0.1, -0.05) is 26.8 Å². The molecule has 1 N–H and O–H groups in total. The van der Waals surface area contributed by atoms with E-state index in [0.29, 0.717) is 11.5 Å². The van der Waals surface area contributed by atoms with Gasteiger partial charge in [-0.2, -0.15) is 0 Å². The topological polar surface area (TPSA) is 72.7 Å². The van der Waals surface area contributed by atoms with Crippen LogP contribution in [0.1, 0.15) is 38.2 Å². The minimum absolute atomic E-state index is 0.112. The second-order valence-corrected chi connectivity index (χ2v) is 5.66. The number of hydrogen-bond acceptors (Lipinski definition) is 4. The van der Waals surface area contributed by atoms with Gasteiger partial charge in [0.15, 0.2) is 11.5 Å². The molecule has 2 rings (SSSR count). The lowest BCUT2D eigenvalue weighted by atomic mass is 9.96. The predicted octanol–water partition coefficient (Wildman–Crippen LogP) is 2.50. The van der Waals surface area contributed by atoms with Crippen LogP contribution in [0.3, 0.4) is 0 Å². The summed E-state index contributed by atoms with van der Waals surface area (Å²) in [6.07, 6.45) is 1.74. The molecule has 0 saturated carbocycles. The molecule has 0 radical (unpaired) electrons. The zero-order valence-corrected chi connectivity index (χ0v) is 12.6. The lowest BCUT2D eigenvalue weighted by Gasteiger charge is -2.17. The lowest BCUT2D eigenvalue weighted by molar-refractivity contribution is -0.123. The normalized spacial score (nSPS) is 11.4. The SMILES string of the molecule is CCOC(=O)c1nc2ccccn2c1NC(=O)C(C)(C)C. The van der Waals surface area contributed by atoms with Gasteiger partial charge in [0.05, 0.1) is 6.61 Å². The number of nitrogens with zero attached hydrogens (tertiary/aromatic N) is 2. The molecule has 0 fully saturated rings. The molecule has 0 aliphatic rings. The molecule has 21 heavy (non-hydrogen) atoms. The summed E-state index contributed by atoms with van der Waals surface area (Å²) in [5.74, 6) is -0.409. The van der Waals surface area contributed by atoms with Crippen molar-refractivity contribution in [3.05, 3.63) is 30.1 Å². The standard InChI is InChI=1S/C15H19N3O3/c1-5-21-13(19)11-12(17-14(20)15(2,3)4)18-9-7-6-8-10(18)16-11/h6-9H,5H2,1-4H3,(H,17,20). The van der Waals surface area contributed by atoms with E-state index in [-0.39, 0.29) is 18.2 Å². The van der Waals surface area contributed by atoms with Crippen molar-refractivity contribution in [1.29, 1.82) is 0 Å². The van der Waals surface area contributed by atoms with Crippen LogP contribution >= 0.6 is 0 Å². The van der Waals surface area contributed by atoms with E-state index in [1.165, 1.54) is 0 Å². The Morgan fingerprint density at radius 2 is 2.05 bits per heavy atom. The van der Waals surface area contributed by atoms with E-state index in [9.17, 15) is 9.59 Å². The molecule has 0 atom stereocenters. The number of carbonyl (C=O) groups excluding carboxylic acids is 2. The van der Waals surface area contributed by atoms with Crippen LogP contribution in [0.5, 0.6) is 0 Å². The number of rotatable bonds is 3. The molecule has 6 heteroatoms. The highest BCUT2D eigenvalue weighted by Gasteiger charge is 2.26. The van der Waals surface area contributed by atoms with E-state index >= 15 is 0 Å². The number of hydrogen-bond donors (Lipinski definition) is 1. The molecule has 0 spiro atoms. The second-order valence-electron chi connectivity index (χ2n) is 5.66. The summed E-state index contributed by atoms with van der Waals surface area (Å²) in [6.45, 7) is 7.38. The molecule has 112 valence electrons. The highest BCUT2D eigenvalue weighted by Crippen LogP contribution is 2.22. The van der Waals surface area contributed by atoms with Crippen LogP contribution in [0.15, 0.2) is 24.4 Å². The smallest absolute Gasteiger partial charge is 0.360 e. The van der Waals surface area contributed by atoms with Crippen molar-refractivity contribution in [1.82, 2.24) is 9.38 Å². The van der Waals surface area contributed by atoms with E-state index in [1.54, 1.807) is 50.4 Å². The average Bonchev–Trinajstić information content (AvgIpc) is 2.77. The zero-order chi connectivity index (χ0) is 15.6. The summed E-state index contributed by atoms with van der Waals surface area (Å²) in [6, 6.07) is 5.37. The Labute approximate surface area is 123 Å². The summed E-state index contributed by atoms with van der Waals surface area (Å²) < 4.78 is 6.66. The van der Waals surface area contributed by atoms with Gasteiger partial charge in [-0.25, -0.2) is 9.78 Å². The average molecular weight is 289 g/mol. The fourth-order valence-corrected chi connectivity index (χ4v) is 1.75. The number of ether oxygens (including phenoxy) is 1. The van der Waals surface area contributed by atoms with Gasteiger partial charge in [-0.05, 0) is 19.1 Å². The summed E-state index contributed by atoms with van der Waals surface area (Å²) in [5, 5.41) is 2.77. The van der Waals surface area contributed by atoms with Crippen LogP contribution in [-0.2, 0) is 9.53 Å². The minimum atomic E-state index is -0.579. The number of anilines is 1. The van der Waals surface area contributed by atoms with Crippen LogP contribution in [0, 0.1) is 5.41 Å². The van der Waals surface area contributed by atoms with E-state index in [4.69, 9.17) is 4.74 Å². The van der Waals surface area contributed by atoms with Crippen LogP contribution in [0.4, 0.5) is 5.82 Å². The number of amides is 1. The van der Waals surface area contributed by atoms with Gasteiger partial charge in [0, 0.05) is 11.6 Å². The zero-order valence-electron chi connectivity index (χ0n) is 12.6. The van der Waals surface area contributed by atoms with Crippen molar-refractivity contribution >= 4 is 23.3 Å². The van der Waals surface area contributed by atoms with Gasteiger partial charge in [0.2, 0.25) is 5.91 Å². The summed E-state index contributed by atoms with van der Waals surface area (Å²) in [7, 11) is 0. The molecule has 0 saturated heterocycles. The lowest BCUT2D eigenvalue weighted by Crippen LogP contribution is -2.29. The Morgan fingerprint density at radius 3 is 2.67 bits per heavy atom. The van der Waals surface area contributed by atoms with E-state index in [0.717, 1.165) is 0 Å². The molecule has 0 unspecified atom stereocenters. The number of nitrogens with one attached hydrogen (secondary N) is 1. The van der Waals surface area contributed by atoms with Gasteiger partial charge < -0.3 is 10.1 Å². The monoisotopic (exact) mass is 289 g/mol. The van der Waals surface area contributed by atoms with Crippen molar-refractivity contribution in [2.45, 2.75) is 27.7 Å². The Morgan fingerprint density at radius 1 is 1.33 bits per heavy atom. The first-order chi connectivity index (χ1) is 9.84. The van der Waals surface area contributed by atoms with Crippen molar-refractivity contribution in [2.75, 3.05) is 11.9 Å². The highest BCUT2D eigenvalue weighted by atomic mass is 16.5. The highest BCUT2D eigenvalue weighted by molar-refractivity contribution is 6.01. The number of imidazole rings is 1. The Hall–Kier alpha value is -2.37. The predicted molar refractivity (Wildman–Crippen MR) is 79.2 cm³/mol. The number of aromatic nitrogens is 2. The van der Waals surface area contributed by atoms with Crippen molar-refractivity contribution in [3.8, 4) is 0 Å². The third kappa shape index (κ3) is 3.04. The fraction of sp³-hybridized carbons (Fsp3) is 0.400. The fourth-order valence-electron chi connectivity index (χ4n) is 1.75. The van der Waals surface area contributed by atoms with Gasteiger partial charge in [0.1, 0.15) is 5.65 Å². The molecular weight excluding hydrogens is 270 g/mol. The first kappa shape index (κ1) is 15.0. The Balaban J connectivity index is 2.50. The molecule has 0 aromatic carbocycles. The number of carbonyl (C=O) groups is 2. The van der Waals surface area contributed by atoms with Crippen molar-refractivity contribution < 1.29 is 14.3 Å². The van der Waals surface area contributed by atoms with Crippen LogP contribution in [-0.4, -0.2) is 27.9 Å². The number of esters is 1. The van der Waals surface area contributed by atoms with E-state index < -0.39 is 11.4 Å². The molecule has 1 amide bonds. The molecule has 2 heterocycles. The molecule has 0 bridgehead atoms. The van der Waals surface area contributed by atoms with Crippen molar-refractivity contribution in [2.24, 2.45) is 5.41 Å². The van der Waals surface area contributed by atoms with Gasteiger partial charge >= 0.3 is 5.97 Å². The van der Waals surface area contributed by atoms with Crippen LogP contribution in [0.2, 0.25) is 0 Å². The molecule has 6 nitrogen and oxygen atoms in total. The maximum absolute atomic E-state index is 12.2. The molecule has 2 aromatic rings. The van der Waals surface area contributed by atoms with Crippen molar-refractivity contribution in [3.63, 3.8) is 0 Å². The summed E-state index contributed by atoms with van der Waals surface area (Å²) in [5.41, 5.74) is 0.107. The molecule has 0 aliphatic carbocycles. The molecule has 0 aliphatic heterocycles. The number of fused-ring (bicyclic) bond motifs is 1. The van der Waals surface area contributed by atoms with Gasteiger partial charge in [-0.3, -0.25) is 9.20 Å². The second kappa shape index (κ2) is 5.55. The maximum atomic E-state index is 12.2. The Kier molecular flexibility index (Phi) is 3.97. The Bertz CT molecular complexity index is 683. The first-order valence-electron chi connectivity index (χ1n) is 6.80. The molecule has 2 aromatic heterocycles. The van der Waals surface area contributed by atoms with E-state index in [1.807, 2.05) is 6.07 Å². The van der Waals surface area contributed by atoms with Crippen LogP contribution in [0.25, 0.3) is 5.65 Å². The third-order valence-electron chi connectivity index (χ3n) is 2.91. The largest absolute Gasteiger partial charge is 0.461 e. The summed E-state index contributed by atoms with van der Waals surface area (Å²) in [4.78, 5) is 28.5.